The largest absolute Gasteiger partial charge is 0.268 e. The Balaban J connectivity index is 0.000000810. The first-order valence-electron chi connectivity index (χ1n) is 2.49. The molecule has 0 aromatic rings. The predicted octanol–water partition coefficient (Wildman–Crippen LogP) is 0.961. The van der Waals surface area contributed by atoms with Crippen molar-refractivity contribution in [3.05, 3.63) is 23.9 Å². The van der Waals surface area contributed by atoms with Gasteiger partial charge in [0, 0.05) is 6.21 Å². The lowest BCUT2D eigenvalue weighted by molar-refractivity contribution is 0.932. The maximum absolute atomic E-state index is 8.33. The van der Waals surface area contributed by atoms with E-state index < -0.39 is 0 Å². The summed E-state index contributed by atoms with van der Waals surface area (Å²) in [7, 11) is 0. The molecule has 0 atom stereocenters. The quantitative estimate of drug-likeness (QED) is 0.567. The number of nitriles is 1. The minimum atomic E-state index is 0. The summed E-state index contributed by atoms with van der Waals surface area (Å²) in [6, 6.07) is 1.93. The van der Waals surface area contributed by atoms with Crippen molar-refractivity contribution in [3.8, 4) is 6.07 Å². The fourth-order valence-electron chi connectivity index (χ4n) is 0.451. The monoisotopic (exact) mass is 155 g/mol. The van der Waals surface area contributed by atoms with E-state index in [1.54, 1.807) is 24.4 Å². The Morgan fingerprint density at radius 2 is 2.30 bits per heavy atom. The van der Waals surface area contributed by atoms with E-state index in [-0.39, 0.29) is 12.4 Å². The number of hydrogen-bond donors (Lipinski definition) is 1. The van der Waals surface area contributed by atoms with Crippen molar-refractivity contribution in [1.82, 2.24) is 5.43 Å². The predicted molar refractivity (Wildman–Crippen MR) is 41.7 cm³/mol. The van der Waals surface area contributed by atoms with Gasteiger partial charge in [-0.15, -0.1) is 12.4 Å². The van der Waals surface area contributed by atoms with Gasteiger partial charge in [0.2, 0.25) is 0 Å². The van der Waals surface area contributed by atoms with E-state index >= 15 is 0 Å². The number of hydrazone groups is 1. The van der Waals surface area contributed by atoms with Crippen LogP contribution in [0, 0.1) is 11.3 Å². The van der Waals surface area contributed by atoms with Crippen molar-refractivity contribution in [2.45, 2.75) is 0 Å². The van der Waals surface area contributed by atoms with Crippen LogP contribution in [0.15, 0.2) is 29.0 Å². The fourth-order valence-corrected chi connectivity index (χ4v) is 0.451. The summed E-state index contributed by atoms with van der Waals surface area (Å²) in [5.41, 5.74) is 3.00. The second kappa shape index (κ2) is 4.59. The van der Waals surface area contributed by atoms with Crippen LogP contribution < -0.4 is 5.43 Å². The minimum absolute atomic E-state index is 0. The van der Waals surface area contributed by atoms with Crippen LogP contribution in [0.1, 0.15) is 0 Å². The fraction of sp³-hybridized carbons (Fsp3) is 0. The average molecular weight is 156 g/mol. The van der Waals surface area contributed by atoms with Crippen LogP contribution in [-0.4, -0.2) is 6.21 Å². The molecule has 52 valence electrons. The molecule has 1 heterocycles. The second-order valence-corrected chi connectivity index (χ2v) is 1.47. The highest BCUT2D eigenvalue weighted by atomic mass is 35.5. The topological polar surface area (TPSA) is 48.2 Å². The van der Waals surface area contributed by atoms with Gasteiger partial charge < -0.3 is 0 Å². The molecule has 0 unspecified atom stereocenters. The number of nitrogens with zero attached hydrogens (tertiary/aromatic N) is 2. The van der Waals surface area contributed by atoms with Gasteiger partial charge >= 0.3 is 0 Å². The molecule has 0 saturated carbocycles. The van der Waals surface area contributed by atoms with Gasteiger partial charge in [0.25, 0.3) is 0 Å². The third-order valence-electron chi connectivity index (χ3n) is 0.840. The third-order valence-corrected chi connectivity index (χ3v) is 0.840. The lowest BCUT2D eigenvalue weighted by Crippen LogP contribution is -2.00. The zero-order chi connectivity index (χ0) is 6.53. The summed E-state index contributed by atoms with van der Waals surface area (Å²) in [6.07, 6.45) is 6.74. The molecule has 10 heavy (non-hydrogen) atoms. The van der Waals surface area contributed by atoms with Gasteiger partial charge in [-0.25, -0.2) is 0 Å². The zero-order valence-electron chi connectivity index (χ0n) is 5.11. The van der Waals surface area contributed by atoms with Crippen LogP contribution in [0.3, 0.4) is 0 Å². The molecule has 0 bridgehead atoms. The molecule has 4 heteroatoms. The summed E-state index contributed by atoms with van der Waals surface area (Å²) in [6.45, 7) is 0. The Bertz CT molecular complexity index is 222. The lowest BCUT2D eigenvalue weighted by atomic mass is 10.4. The molecule has 1 aliphatic heterocycles. The normalized spacial score (nSPS) is 13.7. The van der Waals surface area contributed by atoms with E-state index in [0.717, 1.165) is 0 Å². The molecule has 0 saturated heterocycles. The first-order chi connectivity index (χ1) is 4.43. The Hall–Kier alpha value is -1.27. The van der Waals surface area contributed by atoms with Crippen LogP contribution in [0.4, 0.5) is 0 Å². The summed E-state index contributed by atoms with van der Waals surface area (Å²) in [4.78, 5) is 0. The van der Waals surface area contributed by atoms with Gasteiger partial charge in [0.1, 0.15) is 11.8 Å². The molecule has 1 N–H and O–H groups in total. The van der Waals surface area contributed by atoms with Crippen LogP contribution in [0.25, 0.3) is 0 Å². The van der Waals surface area contributed by atoms with E-state index in [0.29, 0.717) is 5.70 Å². The van der Waals surface area contributed by atoms with Crippen LogP contribution >= 0.6 is 12.4 Å². The van der Waals surface area contributed by atoms with E-state index in [1.807, 2.05) is 6.07 Å². The maximum Gasteiger partial charge on any atom is 0.133 e. The smallest absolute Gasteiger partial charge is 0.133 e. The molecule has 0 aliphatic carbocycles. The van der Waals surface area contributed by atoms with Crippen molar-refractivity contribution >= 4 is 18.6 Å². The summed E-state index contributed by atoms with van der Waals surface area (Å²) < 4.78 is 0. The van der Waals surface area contributed by atoms with Crippen LogP contribution in [0.2, 0.25) is 0 Å². The SMILES string of the molecule is Cl.N#CC1=CC=CC=NN1. The van der Waals surface area contributed by atoms with Crippen molar-refractivity contribution in [3.63, 3.8) is 0 Å². The van der Waals surface area contributed by atoms with Crippen molar-refractivity contribution < 1.29 is 0 Å². The number of allylic oxidation sites excluding steroid dienone is 4. The van der Waals surface area contributed by atoms with Gasteiger partial charge in [0.15, 0.2) is 0 Å². The van der Waals surface area contributed by atoms with Gasteiger partial charge in [-0.2, -0.15) is 10.4 Å². The van der Waals surface area contributed by atoms with E-state index in [1.165, 1.54) is 0 Å². The van der Waals surface area contributed by atoms with Crippen molar-refractivity contribution in [2.75, 3.05) is 0 Å². The highest BCUT2D eigenvalue weighted by Gasteiger charge is 1.88. The molecular weight excluding hydrogens is 150 g/mol. The molecule has 0 spiro atoms. The number of halogens is 1. The maximum atomic E-state index is 8.33. The highest BCUT2D eigenvalue weighted by molar-refractivity contribution is 5.85. The molecule has 3 nitrogen and oxygen atoms in total. The van der Waals surface area contributed by atoms with E-state index in [2.05, 4.69) is 10.5 Å². The molecule has 0 aromatic heterocycles. The molecule has 0 fully saturated rings. The number of hydrogen-bond acceptors (Lipinski definition) is 3. The van der Waals surface area contributed by atoms with Crippen molar-refractivity contribution in [1.29, 1.82) is 5.26 Å². The number of rotatable bonds is 0. The first-order valence-corrected chi connectivity index (χ1v) is 2.49. The number of nitrogens with one attached hydrogen (secondary N) is 1. The molecular formula is C6H6ClN3. The summed E-state index contributed by atoms with van der Waals surface area (Å²) in [5, 5.41) is 12.0. The molecule has 0 amide bonds. The van der Waals surface area contributed by atoms with Gasteiger partial charge in [-0.3, -0.25) is 5.43 Å². The van der Waals surface area contributed by atoms with E-state index in [4.69, 9.17) is 5.26 Å². The van der Waals surface area contributed by atoms with Crippen LogP contribution in [0.5, 0.6) is 0 Å². The van der Waals surface area contributed by atoms with Gasteiger partial charge in [-0.1, -0.05) is 6.08 Å². The van der Waals surface area contributed by atoms with Gasteiger partial charge in [-0.05, 0) is 12.2 Å². The molecule has 0 radical (unpaired) electrons. The third kappa shape index (κ3) is 2.33. The molecule has 1 rings (SSSR count). The molecule has 0 aromatic carbocycles. The zero-order valence-corrected chi connectivity index (χ0v) is 5.93. The lowest BCUT2D eigenvalue weighted by Gasteiger charge is -1.89. The van der Waals surface area contributed by atoms with Crippen molar-refractivity contribution in [2.24, 2.45) is 5.10 Å². The average Bonchev–Trinajstić information content (AvgIpc) is 2.13. The van der Waals surface area contributed by atoms with E-state index in [9.17, 15) is 0 Å². The Morgan fingerprint density at radius 1 is 1.50 bits per heavy atom. The van der Waals surface area contributed by atoms with Crippen LogP contribution in [-0.2, 0) is 0 Å². The Labute approximate surface area is 65.1 Å². The minimum Gasteiger partial charge on any atom is -0.268 e. The first kappa shape index (κ1) is 8.73. The Kier molecular flexibility index (Phi) is 4.01. The molecule has 1 aliphatic rings. The van der Waals surface area contributed by atoms with Gasteiger partial charge in [0.05, 0.1) is 0 Å². The second-order valence-electron chi connectivity index (χ2n) is 1.47. The summed E-state index contributed by atoms with van der Waals surface area (Å²) in [5.74, 6) is 0. The summed E-state index contributed by atoms with van der Waals surface area (Å²) >= 11 is 0. The standard InChI is InChI=1S/C6H5N3.ClH/c7-5-6-3-1-2-4-8-9-6;/h1-4,9H;1H. The highest BCUT2D eigenvalue weighted by Crippen LogP contribution is 1.89. The Morgan fingerprint density at radius 3 is 3.00 bits per heavy atom.